The fourth-order valence-corrected chi connectivity index (χ4v) is 6.19. The zero-order valence-corrected chi connectivity index (χ0v) is 19.9. The fraction of sp³-hybridized carbons (Fsp3) is 0.296. The van der Waals surface area contributed by atoms with Crippen LogP contribution in [0.4, 0.5) is 10.3 Å². The maximum atomic E-state index is 14.4. The molecule has 1 aliphatic carbocycles. The molecular formula is C27H25FN4O2S. The number of carbonyl (C=O) groups is 1. The summed E-state index contributed by atoms with van der Waals surface area (Å²) in [4.78, 5) is 35.4. The van der Waals surface area contributed by atoms with Crippen LogP contribution in [0.25, 0.3) is 21.3 Å². The van der Waals surface area contributed by atoms with Gasteiger partial charge in [0.15, 0.2) is 0 Å². The molecular weight excluding hydrogens is 463 g/mol. The monoisotopic (exact) mass is 488 g/mol. The predicted molar refractivity (Wildman–Crippen MR) is 136 cm³/mol. The van der Waals surface area contributed by atoms with Crippen LogP contribution in [0, 0.1) is 11.7 Å². The van der Waals surface area contributed by atoms with Crippen LogP contribution in [-0.2, 0) is 11.2 Å². The minimum absolute atomic E-state index is 0.0652. The number of rotatable bonds is 4. The van der Waals surface area contributed by atoms with Gasteiger partial charge in [-0.1, -0.05) is 42.5 Å². The fourth-order valence-electron chi connectivity index (χ4n) is 5.29. The summed E-state index contributed by atoms with van der Waals surface area (Å²) in [5, 5.41) is 5.04. The van der Waals surface area contributed by atoms with E-state index in [0.29, 0.717) is 53.2 Å². The number of amides is 1. The summed E-state index contributed by atoms with van der Waals surface area (Å²) in [5.41, 5.74) is 3.90. The molecule has 35 heavy (non-hydrogen) atoms. The molecule has 2 aromatic heterocycles. The van der Waals surface area contributed by atoms with Crippen molar-refractivity contribution < 1.29 is 9.18 Å². The Bertz CT molecular complexity index is 1470. The molecule has 6 nitrogen and oxygen atoms in total. The Balaban J connectivity index is 1.18. The van der Waals surface area contributed by atoms with Crippen molar-refractivity contribution in [2.45, 2.75) is 31.7 Å². The number of aromatic amines is 1. The number of nitrogens with zero attached hydrogens (tertiary/aromatic N) is 2. The first-order valence-electron chi connectivity index (χ1n) is 12.0. The van der Waals surface area contributed by atoms with Gasteiger partial charge in [-0.25, -0.2) is 9.37 Å². The standard InChI is InChI=1S/C27H25FN4O2S/c28-21-8-4-3-7-19(21)20-15-35-24-23(20)30-27(31-26(24)34)32-13-11-17(12-14-32)25(33)29-22-10-9-16-5-1-2-6-18(16)22/h1-8,15,17,22H,9-14H2,(H,29,33)(H,30,31,34)/t22-/m1/s1. The van der Waals surface area contributed by atoms with Crippen molar-refractivity contribution in [1.82, 2.24) is 15.3 Å². The van der Waals surface area contributed by atoms with E-state index in [1.807, 2.05) is 17.0 Å². The Kier molecular flexibility index (Phi) is 5.60. The molecule has 1 saturated heterocycles. The predicted octanol–water partition coefficient (Wildman–Crippen LogP) is 4.81. The lowest BCUT2D eigenvalue weighted by Gasteiger charge is -2.32. The van der Waals surface area contributed by atoms with E-state index in [1.54, 1.807) is 23.6 Å². The zero-order valence-electron chi connectivity index (χ0n) is 19.1. The van der Waals surface area contributed by atoms with Crippen molar-refractivity contribution in [3.8, 4) is 11.1 Å². The molecule has 1 atom stereocenters. The molecule has 1 amide bonds. The smallest absolute Gasteiger partial charge is 0.270 e. The second-order valence-electron chi connectivity index (χ2n) is 9.26. The van der Waals surface area contributed by atoms with Crippen LogP contribution in [0.5, 0.6) is 0 Å². The van der Waals surface area contributed by atoms with Crippen molar-refractivity contribution in [3.05, 3.63) is 81.2 Å². The average Bonchev–Trinajstić information content (AvgIpc) is 3.49. The van der Waals surface area contributed by atoms with Crippen molar-refractivity contribution in [1.29, 1.82) is 0 Å². The van der Waals surface area contributed by atoms with Crippen molar-refractivity contribution in [2.24, 2.45) is 5.92 Å². The second-order valence-corrected chi connectivity index (χ2v) is 10.1. The molecule has 6 rings (SSSR count). The molecule has 1 aliphatic heterocycles. The van der Waals surface area contributed by atoms with Crippen LogP contribution in [0.15, 0.2) is 58.7 Å². The third-order valence-corrected chi connectivity index (χ3v) is 8.16. The van der Waals surface area contributed by atoms with Gasteiger partial charge in [0.05, 0.1) is 11.6 Å². The number of fused-ring (bicyclic) bond motifs is 2. The maximum Gasteiger partial charge on any atom is 0.270 e. The van der Waals surface area contributed by atoms with E-state index in [-0.39, 0.29) is 29.2 Å². The Morgan fingerprint density at radius 2 is 1.83 bits per heavy atom. The van der Waals surface area contributed by atoms with Crippen LogP contribution in [-0.4, -0.2) is 29.0 Å². The van der Waals surface area contributed by atoms with E-state index in [2.05, 4.69) is 22.4 Å². The lowest BCUT2D eigenvalue weighted by Crippen LogP contribution is -2.42. The van der Waals surface area contributed by atoms with Gasteiger partial charge in [-0.15, -0.1) is 11.3 Å². The van der Waals surface area contributed by atoms with Gasteiger partial charge in [-0.3, -0.25) is 14.6 Å². The average molecular weight is 489 g/mol. The van der Waals surface area contributed by atoms with Crippen molar-refractivity contribution >= 4 is 33.4 Å². The van der Waals surface area contributed by atoms with Crippen LogP contribution >= 0.6 is 11.3 Å². The van der Waals surface area contributed by atoms with Gasteiger partial charge < -0.3 is 10.2 Å². The molecule has 0 saturated carbocycles. The summed E-state index contributed by atoms with van der Waals surface area (Å²) in [6.07, 6.45) is 3.32. The molecule has 2 N–H and O–H groups in total. The third-order valence-electron chi connectivity index (χ3n) is 7.19. The van der Waals surface area contributed by atoms with E-state index < -0.39 is 0 Å². The summed E-state index contributed by atoms with van der Waals surface area (Å²) in [6.45, 7) is 1.24. The first-order valence-corrected chi connectivity index (χ1v) is 12.9. The SMILES string of the molecule is O=C(N[C@@H]1CCc2ccccc21)C1CCN(c2nc3c(-c4ccccc4F)csc3c(=O)[nH]2)CC1. The topological polar surface area (TPSA) is 78.1 Å². The molecule has 8 heteroatoms. The number of benzene rings is 2. The number of aromatic nitrogens is 2. The highest BCUT2D eigenvalue weighted by atomic mass is 32.1. The second kappa shape index (κ2) is 8.92. The number of aryl methyl sites for hydroxylation is 1. The van der Waals surface area contributed by atoms with E-state index in [0.717, 1.165) is 12.8 Å². The van der Waals surface area contributed by atoms with Gasteiger partial charge in [0.1, 0.15) is 10.5 Å². The van der Waals surface area contributed by atoms with Crippen LogP contribution in [0.2, 0.25) is 0 Å². The number of carbonyl (C=O) groups excluding carboxylic acids is 1. The van der Waals surface area contributed by atoms with Crippen LogP contribution < -0.4 is 15.8 Å². The maximum absolute atomic E-state index is 14.4. The lowest BCUT2D eigenvalue weighted by molar-refractivity contribution is -0.126. The van der Waals surface area contributed by atoms with E-state index in [1.165, 1.54) is 28.5 Å². The van der Waals surface area contributed by atoms with Gasteiger partial charge >= 0.3 is 0 Å². The number of piperidine rings is 1. The summed E-state index contributed by atoms with van der Waals surface area (Å²) in [6, 6.07) is 14.9. The summed E-state index contributed by atoms with van der Waals surface area (Å²) in [7, 11) is 0. The van der Waals surface area contributed by atoms with Gasteiger partial charge in [0, 0.05) is 35.5 Å². The Morgan fingerprint density at radius 1 is 1.06 bits per heavy atom. The van der Waals surface area contributed by atoms with Gasteiger partial charge in [0.2, 0.25) is 11.9 Å². The molecule has 0 bridgehead atoms. The van der Waals surface area contributed by atoms with Gasteiger partial charge in [-0.2, -0.15) is 0 Å². The molecule has 2 aliphatic rings. The number of anilines is 1. The molecule has 178 valence electrons. The largest absolute Gasteiger partial charge is 0.349 e. The van der Waals surface area contributed by atoms with E-state index >= 15 is 0 Å². The third kappa shape index (κ3) is 4.01. The molecule has 1 fully saturated rings. The van der Waals surface area contributed by atoms with E-state index in [9.17, 15) is 14.0 Å². The number of hydrogen-bond donors (Lipinski definition) is 2. The first kappa shape index (κ1) is 22.0. The highest BCUT2D eigenvalue weighted by Crippen LogP contribution is 2.34. The van der Waals surface area contributed by atoms with Crippen LogP contribution in [0.3, 0.4) is 0 Å². The van der Waals surface area contributed by atoms with Gasteiger partial charge in [-0.05, 0) is 42.9 Å². The quantitative estimate of drug-likeness (QED) is 0.432. The highest BCUT2D eigenvalue weighted by molar-refractivity contribution is 7.17. The number of nitrogens with one attached hydrogen (secondary N) is 2. The molecule has 3 heterocycles. The minimum atomic E-state index is -0.340. The molecule has 2 aromatic carbocycles. The summed E-state index contributed by atoms with van der Waals surface area (Å²) < 4.78 is 14.9. The van der Waals surface area contributed by atoms with Gasteiger partial charge in [0.25, 0.3) is 5.56 Å². The lowest BCUT2D eigenvalue weighted by atomic mass is 9.95. The number of H-pyrrole nitrogens is 1. The number of halogens is 1. The van der Waals surface area contributed by atoms with E-state index in [4.69, 9.17) is 4.98 Å². The van der Waals surface area contributed by atoms with Crippen molar-refractivity contribution in [3.63, 3.8) is 0 Å². The molecule has 0 spiro atoms. The molecule has 0 radical (unpaired) electrons. The van der Waals surface area contributed by atoms with Crippen LogP contribution in [0.1, 0.15) is 36.4 Å². The number of thiophene rings is 1. The highest BCUT2D eigenvalue weighted by Gasteiger charge is 2.30. The Morgan fingerprint density at radius 3 is 2.66 bits per heavy atom. The molecule has 4 aromatic rings. The minimum Gasteiger partial charge on any atom is -0.349 e. The first-order chi connectivity index (χ1) is 17.1. The normalized spacial score (nSPS) is 18.1. The number of hydrogen-bond acceptors (Lipinski definition) is 5. The Labute approximate surface area is 205 Å². The summed E-state index contributed by atoms with van der Waals surface area (Å²) in [5.74, 6) is 0.169. The van der Waals surface area contributed by atoms with Crippen molar-refractivity contribution in [2.75, 3.05) is 18.0 Å². The molecule has 0 unspecified atom stereocenters. The Hall–Kier alpha value is -3.52. The summed E-state index contributed by atoms with van der Waals surface area (Å²) >= 11 is 1.27. The zero-order chi connectivity index (χ0) is 23.9.